The summed E-state index contributed by atoms with van der Waals surface area (Å²) in [5.74, 6) is 0.608. The average molecular weight is 312 g/mol. The molecule has 0 spiro atoms. The molecule has 1 aliphatic carbocycles. The van der Waals surface area contributed by atoms with Crippen LogP contribution < -0.4 is 5.32 Å². The van der Waals surface area contributed by atoms with Gasteiger partial charge in [-0.1, -0.05) is 50.3 Å². The van der Waals surface area contributed by atoms with Gasteiger partial charge >= 0.3 is 0 Å². The summed E-state index contributed by atoms with van der Waals surface area (Å²) < 4.78 is 13.6. The fourth-order valence-electron chi connectivity index (χ4n) is 3.31. The zero-order valence-corrected chi connectivity index (χ0v) is 13.8. The molecule has 118 valence electrons. The lowest BCUT2D eigenvalue weighted by molar-refractivity contribution is 0.402. The molecule has 1 atom stereocenters. The number of benzene rings is 1. The fourth-order valence-corrected chi connectivity index (χ4v) is 3.43. The Bertz CT molecular complexity index is 429. The van der Waals surface area contributed by atoms with Gasteiger partial charge in [0.15, 0.2) is 0 Å². The van der Waals surface area contributed by atoms with E-state index in [1.54, 1.807) is 12.1 Å². The van der Waals surface area contributed by atoms with Gasteiger partial charge in [-0.2, -0.15) is 0 Å². The van der Waals surface area contributed by atoms with Crippen LogP contribution in [-0.4, -0.2) is 12.6 Å². The molecule has 0 radical (unpaired) electrons. The van der Waals surface area contributed by atoms with Gasteiger partial charge in [-0.15, -0.1) is 0 Å². The van der Waals surface area contributed by atoms with Crippen molar-refractivity contribution in [1.82, 2.24) is 5.32 Å². The van der Waals surface area contributed by atoms with E-state index in [2.05, 4.69) is 12.2 Å². The van der Waals surface area contributed by atoms with E-state index < -0.39 is 0 Å². The van der Waals surface area contributed by atoms with Crippen molar-refractivity contribution in [3.05, 3.63) is 34.6 Å². The third-order valence-corrected chi connectivity index (χ3v) is 4.85. The normalized spacial score (nSPS) is 17.3. The Balaban J connectivity index is 1.89. The molecule has 1 unspecified atom stereocenters. The van der Waals surface area contributed by atoms with Gasteiger partial charge in [-0.25, -0.2) is 4.39 Å². The number of halogens is 2. The van der Waals surface area contributed by atoms with Crippen molar-refractivity contribution < 1.29 is 4.39 Å². The molecule has 0 bridgehead atoms. The van der Waals surface area contributed by atoms with Crippen LogP contribution in [0.15, 0.2) is 18.2 Å². The first kappa shape index (κ1) is 16.8. The zero-order chi connectivity index (χ0) is 15.1. The van der Waals surface area contributed by atoms with Crippen LogP contribution >= 0.6 is 11.6 Å². The minimum atomic E-state index is -0.306. The van der Waals surface area contributed by atoms with E-state index in [0.717, 1.165) is 30.9 Å². The molecule has 0 saturated heterocycles. The molecule has 1 aromatic carbocycles. The van der Waals surface area contributed by atoms with Crippen molar-refractivity contribution in [2.45, 2.75) is 64.3 Å². The van der Waals surface area contributed by atoms with Crippen LogP contribution in [0.1, 0.15) is 57.4 Å². The van der Waals surface area contributed by atoms with Gasteiger partial charge in [0.1, 0.15) is 5.82 Å². The number of hydrogen-bond acceptors (Lipinski definition) is 1. The van der Waals surface area contributed by atoms with E-state index in [1.807, 2.05) is 6.07 Å². The van der Waals surface area contributed by atoms with Crippen LogP contribution in [-0.2, 0) is 6.42 Å². The highest BCUT2D eigenvalue weighted by atomic mass is 35.5. The van der Waals surface area contributed by atoms with Crippen molar-refractivity contribution >= 4 is 11.6 Å². The Hall–Kier alpha value is -0.600. The molecule has 3 heteroatoms. The molecule has 0 heterocycles. The third-order valence-electron chi connectivity index (χ3n) is 4.55. The molecule has 0 aliphatic heterocycles. The molecule has 1 aromatic rings. The van der Waals surface area contributed by atoms with Crippen LogP contribution in [0.25, 0.3) is 0 Å². The lowest BCUT2D eigenvalue weighted by Crippen LogP contribution is -2.32. The second-order valence-corrected chi connectivity index (χ2v) is 6.74. The second-order valence-electron chi connectivity index (χ2n) is 6.33. The van der Waals surface area contributed by atoms with Gasteiger partial charge in [0.2, 0.25) is 0 Å². The van der Waals surface area contributed by atoms with Crippen LogP contribution in [0.2, 0.25) is 5.02 Å². The molecular weight excluding hydrogens is 285 g/mol. The molecule has 1 fully saturated rings. The van der Waals surface area contributed by atoms with Crippen LogP contribution in [0, 0.1) is 11.7 Å². The summed E-state index contributed by atoms with van der Waals surface area (Å²) in [4.78, 5) is 0. The highest BCUT2D eigenvalue weighted by Crippen LogP contribution is 2.29. The topological polar surface area (TPSA) is 12.0 Å². The van der Waals surface area contributed by atoms with Crippen LogP contribution in [0.5, 0.6) is 0 Å². The first-order chi connectivity index (χ1) is 10.2. The Morgan fingerprint density at radius 1 is 1.33 bits per heavy atom. The minimum Gasteiger partial charge on any atom is -0.314 e. The molecule has 21 heavy (non-hydrogen) atoms. The maximum atomic E-state index is 13.6. The van der Waals surface area contributed by atoms with Gasteiger partial charge < -0.3 is 5.32 Å². The standard InChI is InChI=1S/C18H27ClFN/c1-2-11-21-16(9-7-14-5-3-4-6-14)12-15-8-10-17(19)18(20)13-15/h8,10,13-14,16,21H,2-7,9,11-12H2,1H3. The Labute approximate surface area is 133 Å². The predicted octanol–water partition coefficient (Wildman–Crippen LogP) is 5.36. The van der Waals surface area contributed by atoms with E-state index in [9.17, 15) is 4.39 Å². The van der Waals surface area contributed by atoms with E-state index in [-0.39, 0.29) is 10.8 Å². The van der Waals surface area contributed by atoms with Crippen molar-refractivity contribution in [3.8, 4) is 0 Å². The smallest absolute Gasteiger partial charge is 0.142 e. The average Bonchev–Trinajstić information content (AvgIpc) is 2.99. The fraction of sp³-hybridized carbons (Fsp3) is 0.667. The minimum absolute atomic E-state index is 0.211. The van der Waals surface area contributed by atoms with Gasteiger partial charge in [0.25, 0.3) is 0 Å². The monoisotopic (exact) mass is 311 g/mol. The Morgan fingerprint density at radius 3 is 2.76 bits per heavy atom. The first-order valence-electron chi connectivity index (χ1n) is 8.36. The molecule has 1 nitrogen and oxygen atoms in total. The van der Waals surface area contributed by atoms with Crippen molar-refractivity contribution in [2.75, 3.05) is 6.54 Å². The van der Waals surface area contributed by atoms with E-state index in [4.69, 9.17) is 11.6 Å². The molecular formula is C18H27ClFN. The van der Waals surface area contributed by atoms with Gasteiger partial charge in [0.05, 0.1) is 5.02 Å². The van der Waals surface area contributed by atoms with Crippen molar-refractivity contribution in [2.24, 2.45) is 5.92 Å². The van der Waals surface area contributed by atoms with Crippen LogP contribution in [0.4, 0.5) is 4.39 Å². The summed E-state index contributed by atoms with van der Waals surface area (Å²) in [6.07, 6.45) is 10.1. The highest BCUT2D eigenvalue weighted by Gasteiger charge is 2.17. The lowest BCUT2D eigenvalue weighted by Gasteiger charge is -2.20. The predicted molar refractivity (Wildman–Crippen MR) is 88.4 cm³/mol. The lowest BCUT2D eigenvalue weighted by atomic mass is 9.95. The largest absolute Gasteiger partial charge is 0.314 e. The van der Waals surface area contributed by atoms with E-state index in [1.165, 1.54) is 38.5 Å². The molecule has 0 aromatic heterocycles. The zero-order valence-electron chi connectivity index (χ0n) is 13.0. The molecule has 1 N–H and O–H groups in total. The van der Waals surface area contributed by atoms with Crippen molar-refractivity contribution in [3.63, 3.8) is 0 Å². The van der Waals surface area contributed by atoms with Gasteiger partial charge in [-0.3, -0.25) is 0 Å². The van der Waals surface area contributed by atoms with Gasteiger partial charge in [0, 0.05) is 6.04 Å². The van der Waals surface area contributed by atoms with Gasteiger partial charge in [-0.05, 0) is 55.8 Å². The molecule has 1 saturated carbocycles. The quantitative estimate of drug-likeness (QED) is 0.681. The molecule has 1 aliphatic rings. The van der Waals surface area contributed by atoms with E-state index >= 15 is 0 Å². The summed E-state index contributed by atoms with van der Waals surface area (Å²) in [7, 11) is 0. The SMILES string of the molecule is CCCNC(CCC1CCCC1)Cc1ccc(Cl)c(F)c1. The molecule has 2 rings (SSSR count). The first-order valence-corrected chi connectivity index (χ1v) is 8.74. The Kier molecular flexibility index (Phi) is 6.98. The number of hydrogen-bond donors (Lipinski definition) is 1. The summed E-state index contributed by atoms with van der Waals surface area (Å²) >= 11 is 5.76. The third kappa shape index (κ3) is 5.60. The van der Waals surface area contributed by atoms with E-state index in [0.29, 0.717) is 6.04 Å². The highest BCUT2D eigenvalue weighted by molar-refractivity contribution is 6.30. The Morgan fingerprint density at radius 2 is 2.10 bits per heavy atom. The van der Waals surface area contributed by atoms with Crippen LogP contribution in [0.3, 0.4) is 0 Å². The second kappa shape index (κ2) is 8.75. The van der Waals surface area contributed by atoms with Crippen molar-refractivity contribution in [1.29, 1.82) is 0 Å². The number of rotatable bonds is 8. The maximum Gasteiger partial charge on any atom is 0.142 e. The summed E-state index contributed by atoms with van der Waals surface area (Å²) in [5.41, 5.74) is 1.04. The summed E-state index contributed by atoms with van der Waals surface area (Å²) in [6, 6.07) is 5.64. The molecule has 0 amide bonds. The number of nitrogens with one attached hydrogen (secondary N) is 1. The summed E-state index contributed by atoms with van der Waals surface area (Å²) in [6.45, 7) is 3.22. The summed E-state index contributed by atoms with van der Waals surface area (Å²) in [5, 5.41) is 3.83. The maximum absolute atomic E-state index is 13.6.